The second kappa shape index (κ2) is 5.14. The number of nitrogens with one attached hydrogen (secondary N) is 1. The first-order valence-electron chi connectivity index (χ1n) is 5.76. The van der Waals surface area contributed by atoms with Gasteiger partial charge in [-0.05, 0) is 37.3 Å². The minimum Gasteiger partial charge on any atom is -0.477 e. The van der Waals surface area contributed by atoms with E-state index in [4.69, 9.17) is 5.11 Å². The molecule has 1 aliphatic rings. The highest BCUT2D eigenvalue weighted by Crippen LogP contribution is 2.25. The number of hydrogen-bond acceptors (Lipinski definition) is 4. The van der Waals surface area contributed by atoms with Crippen LogP contribution >= 0.6 is 0 Å². The minimum absolute atomic E-state index is 0.0430. The molecule has 0 aromatic carbocycles. The number of aliphatic hydroxyl groups is 1. The summed E-state index contributed by atoms with van der Waals surface area (Å²) in [7, 11) is 0. The van der Waals surface area contributed by atoms with Gasteiger partial charge in [-0.3, -0.25) is 0 Å². The predicted molar refractivity (Wildman–Crippen MR) is 63.0 cm³/mol. The molecule has 2 unspecified atom stereocenters. The third-order valence-corrected chi connectivity index (χ3v) is 3.09. The molecule has 0 spiro atoms. The predicted octanol–water partition coefficient (Wildman–Crippen LogP) is 1.35. The molecule has 3 N–H and O–H groups in total. The van der Waals surface area contributed by atoms with E-state index in [1.54, 1.807) is 6.07 Å². The van der Waals surface area contributed by atoms with Crippen LogP contribution < -0.4 is 5.32 Å². The van der Waals surface area contributed by atoms with Crippen molar-refractivity contribution >= 4 is 11.7 Å². The van der Waals surface area contributed by atoms with Crippen molar-refractivity contribution in [3.63, 3.8) is 0 Å². The van der Waals surface area contributed by atoms with E-state index < -0.39 is 5.97 Å². The summed E-state index contributed by atoms with van der Waals surface area (Å²) in [5, 5.41) is 21.4. The van der Waals surface area contributed by atoms with Gasteiger partial charge in [-0.1, -0.05) is 0 Å². The number of carboxylic acid groups (broad SMARTS) is 1. The third-order valence-electron chi connectivity index (χ3n) is 3.09. The van der Waals surface area contributed by atoms with Gasteiger partial charge in [0.2, 0.25) is 0 Å². The number of anilines is 1. The second-order valence-corrected chi connectivity index (χ2v) is 4.45. The molecule has 2 rings (SSSR count). The van der Waals surface area contributed by atoms with E-state index in [0.29, 0.717) is 5.92 Å². The van der Waals surface area contributed by atoms with Gasteiger partial charge >= 0.3 is 5.97 Å². The monoisotopic (exact) mass is 236 g/mol. The van der Waals surface area contributed by atoms with Gasteiger partial charge in [0.25, 0.3) is 0 Å². The number of carbonyl (C=O) groups is 1. The van der Waals surface area contributed by atoms with Gasteiger partial charge < -0.3 is 15.5 Å². The minimum atomic E-state index is -1.02. The molecule has 1 saturated carbocycles. The van der Waals surface area contributed by atoms with Crippen LogP contribution in [0.3, 0.4) is 0 Å². The molecular formula is C12H16N2O3. The molecule has 0 radical (unpaired) electrons. The SMILES string of the molecule is O=C(O)c1cc(NCC2CCC(O)C2)ccn1. The lowest BCUT2D eigenvalue weighted by Gasteiger charge is -2.12. The van der Waals surface area contributed by atoms with Crippen LogP contribution in [0.5, 0.6) is 0 Å². The topological polar surface area (TPSA) is 82.5 Å². The van der Waals surface area contributed by atoms with Crippen LogP contribution in [0.4, 0.5) is 5.69 Å². The van der Waals surface area contributed by atoms with Crippen LogP contribution in [0.2, 0.25) is 0 Å². The van der Waals surface area contributed by atoms with E-state index >= 15 is 0 Å². The summed E-state index contributed by atoms with van der Waals surface area (Å²) in [6, 6.07) is 3.27. The fourth-order valence-corrected chi connectivity index (χ4v) is 2.15. The fraction of sp³-hybridized carbons (Fsp3) is 0.500. The third kappa shape index (κ3) is 3.17. The Balaban J connectivity index is 1.90. The highest BCUT2D eigenvalue weighted by atomic mass is 16.4. The number of nitrogens with zero attached hydrogens (tertiary/aromatic N) is 1. The Hall–Kier alpha value is -1.62. The van der Waals surface area contributed by atoms with Crippen LogP contribution in [-0.4, -0.2) is 33.8 Å². The summed E-state index contributed by atoms with van der Waals surface area (Å²) in [5.41, 5.74) is 0.806. The Kier molecular flexibility index (Phi) is 3.58. The average Bonchev–Trinajstić information content (AvgIpc) is 2.73. The zero-order valence-electron chi connectivity index (χ0n) is 9.47. The van der Waals surface area contributed by atoms with E-state index in [0.717, 1.165) is 31.5 Å². The molecule has 2 atom stereocenters. The molecule has 0 amide bonds. The zero-order valence-corrected chi connectivity index (χ0v) is 9.47. The molecule has 1 heterocycles. The zero-order chi connectivity index (χ0) is 12.3. The first kappa shape index (κ1) is 11.9. The molecular weight excluding hydrogens is 220 g/mol. The number of rotatable bonds is 4. The molecule has 1 aromatic rings. The van der Waals surface area contributed by atoms with Gasteiger partial charge in [0.1, 0.15) is 5.69 Å². The molecule has 1 aromatic heterocycles. The first-order valence-corrected chi connectivity index (χ1v) is 5.76. The maximum atomic E-state index is 10.7. The molecule has 0 bridgehead atoms. The summed E-state index contributed by atoms with van der Waals surface area (Å²) in [6.45, 7) is 0.764. The lowest BCUT2D eigenvalue weighted by atomic mass is 10.1. The summed E-state index contributed by atoms with van der Waals surface area (Å²) >= 11 is 0. The van der Waals surface area contributed by atoms with Crippen molar-refractivity contribution in [1.29, 1.82) is 0 Å². The number of hydrogen-bond donors (Lipinski definition) is 3. The Morgan fingerprint density at radius 3 is 3.00 bits per heavy atom. The van der Waals surface area contributed by atoms with Crippen LogP contribution in [0.1, 0.15) is 29.8 Å². The van der Waals surface area contributed by atoms with E-state index in [9.17, 15) is 9.90 Å². The van der Waals surface area contributed by atoms with Gasteiger partial charge in [-0.2, -0.15) is 0 Å². The number of aromatic carboxylic acids is 1. The summed E-state index contributed by atoms with van der Waals surface area (Å²) in [4.78, 5) is 14.5. The van der Waals surface area contributed by atoms with Crippen molar-refractivity contribution in [2.75, 3.05) is 11.9 Å². The van der Waals surface area contributed by atoms with Gasteiger partial charge in [-0.25, -0.2) is 9.78 Å². The highest BCUT2D eigenvalue weighted by molar-refractivity contribution is 5.86. The average molecular weight is 236 g/mol. The summed E-state index contributed by atoms with van der Waals surface area (Å²) < 4.78 is 0. The Bertz CT molecular complexity index is 408. The van der Waals surface area contributed by atoms with Crippen LogP contribution in [-0.2, 0) is 0 Å². The number of pyridine rings is 1. The first-order chi connectivity index (χ1) is 8.15. The second-order valence-electron chi connectivity index (χ2n) is 4.45. The van der Waals surface area contributed by atoms with Crippen molar-refractivity contribution < 1.29 is 15.0 Å². The smallest absolute Gasteiger partial charge is 0.354 e. The Morgan fingerprint density at radius 1 is 1.53 bits per heavy atom. The van der Waals surface area contributed by atoms with Crippen molar-refractivity contribution in [3.05, 3.63) is 24.0 Å². The van der Waals surface area contributed by atoms with Gasteiger partial charge in [-0.15, -0.1) is 0 Å². The van der Waals surface area contributed by atoms with Crippen molar-refractivity contribution in [1.82, 2.24) is 4.98 Å². The van der Waals surface area contributed by atoms with Crippen LogP contribution in [0.25, 0.3) is 0 Å². The van der Waals surface area contributed by atoms with Gasteiger partial charge in [0.15, 0.2) is 0 Å². The molecule has 0 aliphatic heterocycles. The maximum Gasteiger partial charge on any atom is 0.354 e. The lowest BCUT2D eigenvalue weighted by molar-refractivity contribution is 0.0690. The molecule has 17 heavy (non-hydrogen) atoms. The van der Waals surface area contributed by atoms with E-state index in [2.05, 4.69) is 10.3 Å². The molecule has 1 fully saturated rings. The van der Waals surface area contributed by atoms with Gasteiger partial charge in [0, 0.05) is 18.4 Å². The van der Waals surface area contributed by atoms with E-state index in [1.165, 1.54) is 12.3 Å². The molecule has 5 heteroatoms. The largest absolute Gasteiger partial charge is 0.477 e. The molecule has 5 nitrogen and oxygen atoms in total. The van der Waals surface area contributed by atoms with Gasteiger partial charge in [0.05, 0.1) is 6.10 Å². The van der Waals surface area contributed by atoms with Crippen molar-refractivity contribution in [2.24, 2.45) is 5.92 Å². The molecule has 1 aliphatic carbocycles. The van der Waals surface area contributed by atoms with Crippen molar-refractivity contribution in [3.8, 4) is 0 Å². The lowest BCUT2D eigenvalue weighted by Crippen LogP contribution is -2.13. The Labute approximate surface area is 99.5 Å². The van der Waals surface area contributed by atoms with E-state index in [-0.39, 0.29) is 11.8 Å². The number of aromatic nitrogens is 1. The molecule has 0 saturated heterocycles. The molecule has 92 valence electrons. The number of carboxylic acids is 1. The standard InChI is InChI=1S/C12H16N2O3/c15-10-2-1-8(5-10)7-14-9-3-4-13-11(6-9)12(16)17/h3-4,6,8,10,15H,1-2,5,7H2,(H,13,14)(H,16,17). The van der Waals surface area contributed by atoms with Crippen LogP contribution in [0, 0.1) is 5.92 Å². The van der Waals surface area contributed by atoms with E-state index in [1.807, 2.05) is 0 Å². The maximum absolute atomic E-state index is 10.7. The van der Waals surface area contributed by atoms with Crippen molar-refractivity contribution in [2.45, 2.75) is 25.4 Å². The normalized spacial score (nSPS) is 23.6. The summed E-state index contributed by atoms with van der Waals surface area (Å²) in [6.07, 6.45) is 4.02. The Morgan fingerprint density at radius 2 is 2.35 bits per heavy atom. The quantitative estimate of drug-likeness (QED) is 0.735. The number of aliphatic hydroxyl groups excluding tert-OH is 1. The fourth-order valence-electron chi connectivity index (χ4n) is 2.15. The summed E-state index contributed by atoms with van der Waals surface area (Å²) in [5.74, 6) is -0.559. The van der Waals surface area contributed by atoms with Crippen LogP contribution in [0.15, 0.2) is 18.3 Å². The highest BCUT2D eigenvalue weighted by Gasteiger charge is 2.22.